The molecule has 0 saturated carbocycles. The second-order valence-corrected chi connectivity index (χ2v) is 5.46. The molecule has 2 rings (SSSR count). The molecule has 8 heteroatoms. The molecule has 94 valence electrons. The molecule has 2 heterocycles. The number of carbonyl (C=O) groups is 1. The summed E-state index contributed by atoms with van der Waals surface area (Å²) in [5.41, 5.74) is 2.64. The first-order chi connectivity index (χ1) is 8.58. The molecule has 0 atom stereocenters. The van der Waals surface area contributed by atoms with Gasteiger partial charge in [0.2, 0.25) is 0 Å². The average molecular weight is 303 g/mol. The van der Waals surface area contributed by atoms with Crippen molar-refractivity contribution in [2.75, 3.05) is 0 Å². The molecular weight excluding hydrogens is 295 g/mol. The molecule has 0 bridgehead atoms. The van der Waals surface area contributed by atoms with E-state index >= 15 is 0 Å². The van der Waals surface area contributed by atoms with Crippen LogP contribution < -0.4 is 5.43 Å². The van der Waals surface area contributed by atoms with E-state index in [2.05, 4.69) is 15.6 Å². The number of aromatic nitrogens is 2. The number of hydrogen-bond donors (Lipinski definition) is 1. The van der Waals surface area contributed by atoms with Crippen LogP contribution >= 0.6 is 34.5 Å². The molecule has 0 spiro atoms. The van der Waals surface area contributed by atoms with E-state index in [-0.39, 0.29) is 10.7 Å². The maximum Gasteiger partial charge on any atom is 0.291 e. The van der Waals surface area contributed by atoms with Crippen LogP contribution in [0.4, 0.5) is 0 Å². The molecule has 0 radical (unpaired) electrons. The number of nitrogens with zero attached hydrogens (tertiary/aromatic N) is 3. The third-order valence-corrected chi connectivity index (χ3v) is 3.50. The Hall–Kier alpha value is -1.37. The number of hydrazone groups is 1. The predicted octanol–water partition coefficient (Wildman–Crippen LogP) is 2.55. The van der Waals surface area contributed by atoms with Crippen molar-refractivity contribution in [1.82, 2.24) is 15.2 Å². The summed E-state index contributed by atoms with van der Waals surface area (Å²) in [6.07, 6.45) is 2.91. The zero-order chi connectivity index (χ0) is 13.1. The predicted molar refractivity (Wildman–Crippen MR) is 72.6 cm³/mol. The molecule has 0 aliphatic heterocycles. The molecule has 1 N–H and O–H groups in total. The zero-order valence-corrected chi connectivity index (χ0v) is 11.6. The lowest BCUT2D eigenvalue weighted by atomic mass is 10.4. The fraction of sp³-hybridized carbons (Fsp3) is 0.100. The fourth-order valence-corrected chi connectivity index (χ4v) is 2.46. The van der Waals surface area contributed by atoms with Crippen molar-refractivity contribution < 1.29 is 4.79 Å². The van der Waals surface area contributed by atoms with Crippen LogP contribution in [0.1, 0.15) is 15.4 Å². The van der Waals surface area contributed by atoms with E-state index in [0.717, 1.165) is 4.88 Å². The highest BCUT2D eigenvalue weighted by Gasteiger charge is 2.14. The van der Waals surface area contributed by atoms with Crippen LogP contribution in [-0.2, 0) is 7.05 Å². The van der Waals surface area contributed by atoms with E-state index in [1.807, 2.05) is 0 Å². The lowest BCUT2D eigenvalue weighted by molar-refractivity contribution is 0.0946. The number of halogens is 2. The first kappa shape index (κ1) is 13.1. The van der Waals surface area contributed by atoms with Crippen molar-refractivity contribution in [3.05, 3.63) is 38.3 Å². The smallest absolute Gasteiger partial charge is 0.266 e. The third kappa shape index (κ3) is 2.90. The Morgan fingerprint density at radius 1 is 1.56 bits per heavy atom. The maximum absolute atomic E-state index is 11.8. The van der Waals surface area contributed by atoms with Gasteiger partial charge in [-0.1, -0.05) is 23.2 Å². The van der Waals surface area contributed by atoms with Gasteiger partial charge in [0.25, 0.3) is 5.91 Å². The van der Waals surface area contributed by atoms with Crippen LogP contribution in [-0.4, -0.2) is 21.9 Å². The largest absolute Gasteiger partial charge is 0.291 e. The lowest BCUT2D eigenvalue weighted by Crippen LogP contribution is -2.21. The molecule has 18 heavy (non-hydrogen) atoms. The summed E-state index contributed by atoms with van der Waals surface area (Å²) < 4.78 is 2.05. The van der Waals surface area contributed by atoms with Gasteiger partial charge in [-0.15, -0.1) is 11.3 Å². The highest BCUT2D eigenvalue weighted by atomic mass is 35.5. The molecule has 2 aromatic rings. The Kier molecular flexibility index (Phi) is 4.00. The van der Waals surface area contributed by atoms with Crippen molar-refractivity contribution >= 4 is 46.7 Å². The number of carbonyl (C=O) groups excluding carboxylic acids is 1. The molecule has 0 saturated heterocycles. The summed E-state index contributed by atoms with van der Waals surface area (Å²) in [6.45, 7) is 0. The number of rotatable bonds is 3. The molecule has 1 amide bonds. The molecule has 5 nitrogen and oxygen atoms in total. The highest BCUT2D eigenvalue weighted by Crippen LogP contribution is 2.19. The van der Waals surface area contributed by atoms with Gasteiger partial charge < -0.3 is 0 Å². The maximum atomic E-state index is 11.8. The van der Waals surface area contributed by atoms with Gasteiger partial charge in [0.15, 0.2) is 0 Å². The Bertz CT molecular complexity index is 585. The van der Waals surface area contributed by atoms with E-state index in [1.165, 1.54) is 28.4 Å². The number of amides is 1. The van der Waals surface area contributed by atoms with Crippen LogP contribution in [0, 0.1) is 0 Å². The van der Waals surface area contributed by atoms with Gasteiger partial charge >= 0.3 is 0 Å². The quantitative estimate of drug-likeness (QED) is 0.700. The Labute approximate surface area is 117 Å². The molecular formula is C10H8Cl2N4OS. The molecule has 0 aliphatic rings. The summed E-state index contributed by atoms with van der Waals surface area (Å²) >= 11 is 13.0. The summed E-state index contributed by atoms with van der Waals surface area (Å²) in [5.74, 6) is -0.418. The number of nitrogens with one attached hydrogen (secondary N) is 1. The van der Waals surface area contributed by atoms with Crippen LogP contribution in [0.3, 0.4) is 0 Å². The van der Waals surface area contributed by atoms with E-state index < -0.39 is 5.91 Å². The molecule has 0 unspecified atom stereocenters. The van der Waals surface area contributed by atoms with Gasteiger partial charge in [-0.2, -0.15) is 10.2 Å². The third-order valence-electron chi connectivity index (χ3n) is 2.06. The summed E-state index contributed by atoms with van der Waals surface area (Å²) in [6, 6.07) is 3.56. The molecule has 0 aromatic carbocycles. The minimum absolute atomic E-state index is 0.262. The van der Waals surface area contributed by atoms with Gasteiger partial charge in [-0.25, -0.2) is 5.43 Å². The van der Waals surface area contributed by atoms with Crippen molar-refractivity contribution in [3.8, 4) is 0 Å². The Morgan fingerprint density at radius 2 is 2.33 bits per heavy atom. The van der Waals surface area contributed by atoms with E-state index in [4.69, 9.17) is 23.2 Å². The average Bonchev–Trinajstić information content (AvgIpc) is 2.86. The second-order valence-electron chi connectivity index (χ2n) is 3.31. The summed E-state index contributed by atoms with van der Waals surface area (Å²) in [4.78, 5) is 12.6. The van der Waals surface area contributed by atoms with Crippen molar-refractivity contribution in [1.29, 1.82) is 0 Å². The van der Waals surface area contributed by atoms with Crippen LogP contribution in [0.5, 0.6) is 0 Å². The normalized spacial score (nSPS) is 11.1. The monoisotopic (exact) mass is 302 g/mol. The summed E-state index contributed by atoms with van der Waals surface area (Å²) in [5, 5.41) is 7.97. The lowest BCUT2D eigenvalue weighted by Gasteiger charge is -2.00. The number of thiophene rings is 1. The minimum atomic E-state index is -0.418. The number of hydrogen-bond acceptors (Lipinski definition) is 4. The standard InChI is InChI=1S/C10H8Cl2N4OS/c1-16-9(7(11)5-14-16)10(17)15-13-4-6-2-3-8(12)18-6/h2-5H,1H3,(H,15,17). The summed E-state index contributed by atoms with van der Waals surface area (Å²) in [7, 11) is 1.63. The molecule has 0 aliphatic carbocycles. The van der Waals surface area contributed by atoms with E-state index in [0.29, 0.717) is 4.34 Å². The first-order valence-corrected chi connectivity index (χ1v) is 6.41. The minimum Gasteiger partial charge on any atom is -0.266 e. The van der Waals surface area contributed by atoms with E-state index in [1.54, 1.807) is 19.2 Å². The zero-order valence-electron chi connectivity index (χ0n) is 9.22. The van der Waals surface area contributed by atoms with Gasteiger partial charge in [0.05, 0.1) is 21.8 Å². The van der Waals surface area contributed by atoms with Gasteiger partial charge in [0.1, 0.15) is 5.69 Å². The first-order valence-electron chi connectivity index (χ1n) is 4.84. The van der Waals surface area contributed by atoms with Gasteiger partial charge in [-0.05, 0) is 12.1 Å². The van der Waals surface area contributed by atoms with Crippen molar-refractivity contribution in [2.45, 2.75) is 0 Å². The molecule has 2 aromatic heterocycles. The van der Waals surface area contributed by atoms with Gasteiger partial charge in [-0.3, -0.25) is 9.48 Å². The van der Waals surface area contributed by atoms with Crippen molar-refractivity contribution in [2.24, 2.45) is 12.1 Å². The van der Waals surface area contributed by atoms with Crippen LogP contribution in [0.2, 0.25) is 9.36 Å². The van der Waals surface area contributed by atoms with E-state index in [9.17, 15) is 4.79 Å². The van der Waals surface area contributed by atoms with Gasteiger partial charge in [0, 0.05) is 11.9 Å². The molecule has 0 fully saturated rings. The SMILES string of the molecule is Cn1ncc(Cl)c1C(=O)NN=Cc1ccc(Cl)s1. The Morgan fingerprint density at radius 3 is 2.89 bits per heavy atom. The highest BCUT2D eigenvalue weighted by molar-refractivity contribution is 7.17. The van der Waals surface area contributed by atoms with Crippen LogP contribution in [0.25, 0.3) is 0 Å². The second kappa shape index (κ2) is 5.51. The van der Waals surface area contributed by atoms with Crippen molar-refractivity contribution in [3.63, 3.8) is 0 Å². The fourth-order valence-electron chi connectivity index (χ4n) is 1.27. The Balaban J connectivity index is 2.03. The van der Waals surface area contributed by atoms with Crippen LogP contribution in [0.15, 0.2) is 23.4 Å². The topological polar surface area (TPSA) is 59.3 Å². The number of aryl methyl sites for hydroxylation is 1.